The van der Waals surface area contributed by atoms with E-state index < -0.39 is 5.82 Å². The Hall–Kier alpha value is -2.30. The smallest absolute Gasteiger partial charge is 0.158 e. The topological polar surface area (TPSA) is 39.0 Å². The van der Waals surface area contributed by atoms with Crippen molar-refractivity contribution in [1.29, 1.82) is 0 Å². The number of furan rings is 1. The molecule has 5 heteroatoms. The van der Waals surface area contributed by atoms with Crippen molar-refractivity contribution >= 4 is 11.6 Å². The van der Waals surface area contributed by atoms with Crippen LogP contribution in [0.2, 0.25) is 5.02 Å². The summed E-state index contributed by atoms with van der Waals surface area (Å²) in [5.41, 5.74) is 2.05. The van der Waals surface area contributed by atoms with E-state index in [1.165, 1.54) is 11.6 Å². The van der Waals surface area contributed by atoms with Crippen molar-refractivity contribution in [2.24, 2.45) is 0 Å². The van der Waals surface area contributed by atoms with Gasteiger partial charge in [-0.25, -0.2) is 4.39 Å². The van der Waals surface area contributed by atoms with Crippen LogP contribution < -0.4 is 10.1 Å². The molecule has 0 unspecified atom stereocenters. The zero-order valence-electron chi connectivity index (χ0n) is 14.0. The molecule has 2 N–H and O–H groups in total. The Morgan fingerprint density at radius 2 is 1.88 bits per heavy atom. The van der Waals surface area contributed by atoms with E-state index in [1.54, 1.807) is 19.2 Å². The van der Waals surface area contributed by atoms with Crippen LogP contribution in [0, 0.1) is 5.82 Å². The second kappa shape index (κ2) is 8.19. The van der Waals surface area contributed by atoms with Crippen LogP contribution >= 0.6 is 11.6 Å². The van der Waals surface area contributed by atoms with Crippen LogP contribution in [0.15, 0.2) is 59.0 Å². The molecule has 0 bridgehead atoms. The van der Waals surface area contributed by atoms with Gasteiger partial charge in [0.25, 0.3) is 0 Å². The predicted octanol–water partition coefficient (Wildman–Crippen LogP) is 4.05. The average molecular weight is 361 g/mol. The SMILES string of the molecule is COc1ccc(CC[NH2+]Cc2ccc(-c3ccc(F)c(Cl)c3)o2)cc1. The first-order valence-corrected chi connectivity index (χ1v) is 8.52. The van der Waals surface area contributed by atoms with E-state index in [0.29, 0.717) is 5.76 Å². The summed E-state index contributed by atoms with van der Waals surface area (Å²) in [7, 11) is 1.67. The molecule has 3 rings (SSSR count). The molecule has 0 saturated heterocycles. The molecule has 0 atom stereocenters. The van der Waals surface area contributed by atoms with Crippen LogP contribution in [0.1, 0.15) is 11.3 Å². The number of benzene rings is 2. The normalized spacial score (nSPS) is 10.8. The Bertz CT molecular complexity index is 830. The molecule has 0 radical (unpaired) electrons. The van der Waals surface area contributed by atoms with Gasteiger partial charge in [-0.1, -0.05) is 23.7 Å². The van der Waals surface area contributed by atoms with Crippen LogP contribution in [-0.2, 0) is 13.0 Å². The summed E-state index contributed by atoms with van der Waals surface area (Å²) >= 11 is 5.82. The number of hydrogen-bond donors (Lipinski definition) is 1. The van der Waals surface area contributed by atoms with Gasteiger partial charge in [-0.05, 0) is 48.0 Å². The second-order valence-electron chi connectivity index (χ2n) is 5.77. The lowest BCUT2D eigenvalue weighted by atomic mass is 10.1. The van der Waals surface area contributed by atoms with Crippen LogP contribution in [0.4, 0.5) is 4.39 Å². The lowest BCUT2D eigenvalue weighted by Crippen LogP contribution is -2.83. The summed E-state index contributed by atoms with van der Waals surface area (Å²) < 4.78 is 24.2. The first-order chi connectivity index (χ1) is 12.2. The van der Waals surface area contributed by atoms with Gasteiger partial charge in [0, 0.05) is 12.0 Å². The summed E-state index contributed by atoms with van der Waals surface area (Å²) in [5.74, 6) is 2.02. The third-order valence-corrected chi connectivity index (χ3v) is 4.30. The zero-order chi connectivity index (χ0) is 17.6. The van der Waals surface area contributed by atoms with E-state index in [-0.39, 0.29) is 5.02 Å². The minimum absolute atomic E-state index is 0.0986. The summed E-state index contributed by atoms with van der Waals surface area (Å²) in [6.45, 7) is 1.72. The quantitative estimate of drug-likeness (QED) is 0.645. The van der Waals surface area contributed by atoms with Gasteiger partial charge in [0.1, 0.15) is 23.9 Å². The maximum absolute atomic E-state index is 13.2. The van der Waals surface area contributed by atoms with Gasteiger partial charge < -0.3 is 14.5 Å². The van der Waals surface area contributed by atoms with Crippen molar-refractivity contribution in [2.45, 2.75) is 13.0 Å². The molecule has 130 valence electrons. The van der Waals surface area contributed by atoms with E-state index in [4.69, 9.17) is 20.8 Å². The number of rotatable bonds is 7. The van der Waals surface area contributed by atoms with Crippen molar-refractivity contribution in [3.63, 3.8) is 0 Å². The fourth-order valence-electron chi connectivity index (χ4n) is 2.60. The highest BCUT2D eigenvalue weighted by atomic mass is 35.5. The van der Waals surface area contributed by atoms with Gasteiger partial charge in [-0.15, -0.1) is 0 Å². The van der Waals surface area contributed by atoms with Crippen LogP contribution in [0.3, 0.4) is 0 Å². The summed E-state index contributed by atoms with van der Waals surface area (Å²) in [6, 6.07) is 16.5. The van der Waals surface area contributed by atoms with E-state index in [1.807, 2.05) is 24.3 Å². The molecule has 1 heterocycles. The van der Waals surface area contributed by atoms with Crippen molar-refractivity contribution in [1.82, 2.24) is 0 Å². The maximum Gasteiger partial charge on any atom is 0.158 e. The largest absolute Gasteiger partial charge is 0.497 e. The molecule has 0 spiro atoms. The number of halogens is 2. The molecule has 0 fully saturated rings. The van der Waals surface area contributed by atoms with E-state index >= 15 is 0 Å². The molecular formula is C20H20ClFNO2+. The van der Waals surface area contributed by atoms with Gasteiger partial charge in [0.2, 0.25) is 0 Å². The molecule has 1 aromatic heterocycles. The van der Waals surface area contributed by atoms with Crippen molar-refractivity contribution < 1.29 is 18.9 Å². The van der Waals surface area contributed by atoms with E-state index in [0.717, 1.165) is 36.6 Å². The monoisotopic (exact) mass is 360 g/mol. The highest BCUT2D eigenvalue weighted by molar-refractivity contribution is 6.31. The van der Waals surface area contributed by atoms with Crippen LogP contribution in [-0.4, -0.2) is 13.7 Å². The van der Waals surface area contributed by atoms with Crippen molar-refractivity contribution in [3.05, 3.63) is 76.8 Å². The highest BCUT2D eigenvalue weighted by Gasteiger charge is 2.08. The number of ether oxygens (including phenoxy) is 1. The lowest BCUT2D eigenvalue weighted by molar-refractivity contribution is -0.671. The highest BCUT2D eigenvalue weighted by Crippen LogP contribution is 2.26. The average Bonchev–Trinajstić information content (AvgIpc) is 3.10. The van der Waals surface area contributed by atoms with Gasteiger partial charge in [-0.2, -0.15) is 0 Å². The van der Waals surface area contributed by atoms with Crippen LogP contribution in [0.25, 0.3) is 11.3 Å². The second-order valence-corrected chi connectivity index (χ2v) is 6.18. The molecule has 0 aliphatic heterocycles. The van der Waals surface area contributed by atoms with Gasteiger partial charge in [-0.3, -0.25) is 0 Å². The summed E-state index contributed by atoms with van der Waals surface area (Å²) in [4.78, 5) is 0. The summed E-state index contributed by atoms with van der Waals surface area (Å²) in [6.07, 6.45) is 0.977. The molecule has 0 aliphatic rings. The Balaban J connectivity index is 1.50. The first-order valence-electron chi connectivity index (χ1n) is 8.14. The number of nitrogens with two attached hydrogens (primary N) is 1. The fraction of sp³-hybridized carbons (Fsp3) is 0.200. The Kier molecular flexibility index (Phi) is 5.74. The minimum atomic E-state index is -0.427. The first kappa shape index (κ1) is 17.5. The number of methoxy groups -OCH3 is 1. The maximum atomic E-state index is 13.2. The van der Waals surface area contributed by atoms with Gasteiger partial charge in [0.15, 0.2) is 5.76 Å². The van der Waals surface area contributed by atoms with Crippen molar-refractivity contribution in [3.8, 4) is 17.1 Å². The fourth-order valence-corrected chi connectivity index (χ4v) is 2.78. The van der Waals surface area contributed by atoms with Crippen molar-refractivity contribution in [2.75, 3.05) is 13.7 Å². The third-order valence-electron chi connectivity index (χ3n) is 4.01. The lowest BCUT2D eigenvalue weighted by Gasteiger charge is -2.03. The number of quaternary nitrogens is 1. The van der Waals surface area contributed by atoms with E-state index in [2.05, 4.69) is 17.4 Å². The minimum Gasteiger partial charge on any atom is -0.497 e. The van der Waals surface area contributed by atoms with E-state index in [9.17, 15) is 4.39 Å². The molecule has 2 aromatic carbocycles. The molecule has 3 nitrogen and oxygen atoms in total. The van der Waals surface area contributed by atoms with Gasteiger partial charge >= 0.3 is 0 Å². The Labute approximate surface area is 151 Å². The third kappa shape index (κ3) is 4.62. The molecule has 25 heavy (non-hydrogen) atoms. The standard InChI is InChI=1S/C20H19ClFNO2/c1-24-16-5-2-14(3-6-16)10-11-23-13-17-7-9-20(25-17)15-4-8-19(22)18(21)12-15/h2-9,12,23H,10-11,13H2,1H3/p+1. The molecule has 0 amide bonds. The molecule has 0 aliphatic carbocycles. The van der Waals surface area contributed by atoms with Crippen LogP contribution in [0.5, 0.6) is 5.75 Å². The molecule has 3 aromatic rings. The molecular weight excluding hydrogens is 341 g/mol. The zero-order valence-corrected chi connectivity index (χ0v) is 14.7. The summed E-state index contributed by atoms with van der Waals surface area (Å²) in [5, 5.41) is 2.30. The Morgan fingerprint density at radius 1 is 1.08 bits per heavy atom. The van der Waals surface area contributed by atoms with Gasteiger partial charge in [0.05, 0.1) is 18.7 Å². The Morgan fingerprint density at radius 3 is 2.60 bits per heavy atom. The molecule has 0 saturated carbocycles. The predicted molar refractivity (Wildman–Crippen MR) is 96.3 cm³/mol. The number of hydrogen-bond acceptors (Lipinski definition) is 2.